The molecular formula is C53H72N8O7. The second-order valence-corrected chi connectivity index (χ2v) is 19.1. The number of amides is 6. The van der Waals surface area contributed by atoms with E-state index in [0.717, 1.165) is 55.2 Å². The van der Waals surface area contributed by atoms with E-state index in [9.17, 15) is 28.8 Å². The Bertz CT molecular complexity index is 2250. The predicted molar refractivity (Wildman–Crippen MR) is 260 cm³/mol. The largest absolute Gasteiger partial charge is 0.376 e. The maximum absolute atomic E-state index is 14.5. The quantitative estimate of drug-likeness (QED) is 0.0956. The molecule has 0 aromatic heterocycles. The number of carbonyl (C=O) groups is 6. The number of likely N-dealkylation sites (tertiary alicyclic amines) is 2. The molecular weight excluding hydrogens is 861 g/mol. The molecule has 2 heterocycles. The molecule has 6 amide bonds. The van der Waals surface area contributed by atoms with Crippen LogP contribution < -0.4 is 31.9 Å². The lowest BCUT2D eigenvalue weighted by Crippen LogP contribution is -2.59. The van der Waals surface area contributed by atoms with Gasteiger partial charge in [-0.3, -0.25) is 28.8 Å². The summed E-state index contributed by atoms with van der Waals surface area (Å²) in [7, 11) is 3.36. The Morgan fingerprint density at radius 1 is 0.618 bits per heavy atom. The van der Waals surface area contributed by atoms with Gasteiger partial charge in [0, 0.05) is 19.7 Å². The van der Waals surface area contributed by atoms with Crippen LogP contribution in [0.1, 0.15) is 130 Å². The number of hydrogen-bond donors (Lipinski definition) is 6. The first-order valence-corrected chi connectivity index (χ1v) is 24.9. The van der Waals surface area contributed by atoms with Gasteiger partial charge in [-0.2, -0.15) is 0 Å². The van der Waals surface area contributed by atoms with Crippen molar-refractivity contribution >= 4 is 35.4 Å². The minimum atomic E-state index is -1.01. The van der Waals surface area contributed by atoms with Gasteiger partial charge in [-0.1, -0.05) is 72.8 Å². The number of likely N-dealkylation sites (N-methyl/N-ethyl adjacent to an activating group) is 2. The maximum atomic E-state index is 14.5. The third kappa shape index (κ3) is 12.0. The molecule has 9 atom stereocenters. The number of hydrogen-bond acceptors (Lipinski definition) is 9. The molecule has 6 N–H and O–H groups in total. The number of fused-ring (bicyclic) bond motifs is 2. The first kappa shape index (κ1) is 50.2. The van der Waals surface area contributed by atoms with Crippen molar-refractivity contribution in [2.24, 2.45) is 0 Å². The second-order valence-electron chi connectivity index (χ2n) is 19.1. The van der Waals surface area contributed by atoms with Gasteiger partial charge in [-0.25, -0.2) is 0 Å². The summed E-state index contributed by atoms with van der Waals surface area (Å²) < 4.78 is 6.28. The molecule has 2 aliphatic carbocycles. The summed E-state index contributed by atoms with van der Waals surface area (Å²) in [5.41, 5.74) is 6.33. The molecule has 15 nitrogen and oxygen atoms in total. The monoisotopic (exact) mass is 933 g/mol. The fraction of sp³-hybridized carbons (Fsp3) is 0.547. The smallest absolute Gasteiger partial charge is 0.250 e. The summed E-state index contributed by atoms with van der Waals surface area (Å²) >= 11 is 0. The van der Waals surface area contributed by atoms with Crippen molar-refractivity contribution in [3.05, 3.63) is 106 Å². The van der Waals surface area contributed by atoms with Gasteiger partial charge in [-0.15, -0.1) is 0 Å². The molecule has 2 saturated heterocycles. The summed E-state index contributed by atoms with van der Waals surface area (Å²) in [6.07, 6.45) is 8.55. The van der Waals surface area contributed by atoms with E-state index in [4.69, 9.17) is 4.74 Å². The van der Waals surface area contributed by atoms with Crippen molar-refractivity contribution in [3.8, 4) is 0 Å². The average Bonchev–Trinajstić information content (AvgIpc) is 4.07. The molecule has 3 aromatic carbocycles. The van der Waals surface area contributed by atoms with E-state index in [-0.39, 0.29) is 47.5 Å². The number of aryl methyl sites for hydroxylation is 3. The molecule has 7 rings (SSSR count). The third-order valence-corrected chi connectivity index (χ3v) is 14.6. The van der Waals surface area contributed by atoms with Crippen LogP contribution in [0, 0.1) is 0 Å². The maximum Gasteiger partial charge on any atom is 0.250 e. The Balaban J connectivity index is 0.971. The van der Waals surface area contributed by atoms with E-state index < -0.39 is 42.4 Å². The van der Waals surface area contributed by atoms with E-state index in [0.29, 0.717) is 63.8 Å². The Labute approximate surface area is 401 Å². The van der Waals surface area contributed by atoms with Gasteiger partial charge in [0.2, 0.25) is 35.4 Å². The van der Waals surface area contributed by atoms with E-state index in [2.05, 4.69) is 56.2 Å². The lowest BCUT2D eigenvalue weighted by molar-refractivity contribution is -0.145. The van der Waals surface area contributed by atoms with Gasteiger partial charge in [0.1, 0.15) is 24.2 Å². The van der Waals surface area contributed by atoms with Crippen LogP contribution in [0.3, 0.4) is 0 Å². The Morgan fingerprint density at radius 2 is 1.12 bits per heavy atom. The fourth-order valence-electron chi connectivity index (χ4n) is 10.3. The molecule has 2 fully saturated rings. The van der Waals surface area contributed by atoms with E-state index >= 15 is 0 Å². The summed E-state index contributed by atoms with van der Waals surface area (Å²) in [5.74, 6) is -1.70. The highest BCUT2D eigenvalue weighted by atomic mass is 16.5. The van der Waals surface area contributed by atoms with Crippen molar-refractivity contribution in [1.29, 1.82) is 0 Å². The number of benzene rings is 3. The molecule has 0 radical (unpaired) electrons. The highest BCUT2D eigenvalue weighted by Gasteiger charge is 2.42. The predicted octanol–water partition coefficient (Wildman–Crippen LogP) is 4.25. The Hall–Kier alpha value is -5.64. The van der Waals surface area contributed by atoms with Crippen LogP contribution in [-0.2, 0) is 52.8 Å². The number of ether oxygens (including phenoxy) is 1. The zero-order chi connectivity index (χ0) is 48.3. The van der Waals surface area contributed by atoms with Gasteiger partial charge in [0.05, 0.1) is 30.3 Å². The highest BCUT2D eigenvalue weighted by molar-refractivity contribution is 5.95. The Morgan fingerprint density at radius 3 is 1.65 bits per heavy atom. The molecule has 0 spiro atoms. The molecule has 15 heteroatoms. The van der Waals surface area contributed by atoms with Crippen LogP contribution in [-0.4, -0.2) is 115 Å². The first-order chi connectivity index (χ1) is 32.9. The molecule has 0 saturated carbocycles. The molecule has 3 aromatic rings. The van der Waals surface area contributed by atoms with Crippen molar-refractivity contribution in [2.45, 2.75) is 152 Å². The van der Waals surface area contributed by atoms with Crippen molar-refractivity contribution in [3.63, 3.8) is 0 Å². The number of rotatable bonds is 19. The molecule has 0 bridgehead atoms. The van der Waals surface area contributed by atoms with Crippen LogP contribution >= 0.6 is 0 Å². The van der Waals surface area contributed by atoms with Gasteiger partial charge in [0.15, 0.2) is 0 Å². The summed E-state index contributed by atoms with van der Waals surface area (Å²) in [5, 5.41) is 18.3. The summed E-state index contributed by atoms with van der Waals surface area (Å²) in [6.45, 7) is 6.33. The molecule has 68 heavy (non-hydrogen) atoms. The zero-order valence-electron chi connectivity index (χ0n) is 40.5. The third-order valence-electron chi connectivity index (χ3n) is 14.6. The van der Waals surface area contributed by atoms with Gasteiger partial charge < -0.3 is 46.4 Å². The van der Waals surface area contributed by atoms with E-state index in [1.807, 2.05) is 48.5 Å². The van der Waals surface area contributed by atoms with Gasteiger partial charge in [-0.05, 0) is 145 Å². The van der Waals surface area contributed by atoms with Crippen LogP contribution in [0.15, 0.2) is 72.8 Å². The zero-order valence-corrected chi connectivity index (χ0v) is 40.5. The SMILES string of the molecule is CN[C@@H](C)C(=O)N[C@H](C(=O)N1CCC[C@H]1C(=O)N[C@@H]1CCCc2ccccc21)c1ccc(CCCO[C@H](C)[C@H](NC(=O)[C@H](C)NC)C(=O)N2CCC[C@H]2C(=O)N[C@@H]2CCCc3ccccc32)cc1. The average molecular weight is 933 g/mol. The second kappa shape index (κ2) is 23.6. The first-order valence-electron chi connectivity index (χ1n) is 24.9. The number of nitrogens with zero attached hydrogens (tertiary/aromatic N) is 2. The molecule has 0 unspecified atom stereocenters. The van der Waals surface area contributed by atoms with Crippen LogP contribution in [0.25, 0.3) is 0 Å². The standard InChI is InChI=1S/C53H72N8O7/c1-33(54-4)48(62)58-46(52(66)60-30-12-24-44(60)50(64)56-42-22-10-18-37-16-6-8-20-40(37)42)35(3)68-32-14-15-36-26-28-39(29-27-36)47(59-49(63)34(2)55-5)53(67)61-31-13-25-45(61)51(65)57-43-23-11-19-38-17-7-9-21-41(38)43/h6-9,16-17,20-21,26-29,33-35,42-47,54-55H,10-15,18-19,22-25,30-32H2,1-5H3,(H,56,64)(H,57,65)(H,58,62)(H,59,63)/t33-,34-,35+,42+,43+,44-,45-,46-,47-/m0/s1. The minimum absolute atomic E-state index is 0.108. The van der Waals surface area contributed by atoms with E-state index in [1.165, 1.54) is 11.1 Å². The molecule has 4 aliphatic rings. The lowest BCUT2D eigenvalue weighted by Gasteiger charge is -2.33. The fourth-order valence-corrected chi connectivity index (χ4v) is 10.3. The number of nitrogens with one attached hydrogen (secondary N) is 6. The molecule has 2 aliphatic heterocycles. The van der Waals surface area contributed by atoms with Gasteiger partial charge >= 0.3 is 0 Å². The van der Waals surface area contributed by atoms with Crippen molar-refractivity contribution in [2.75, 3.05) is 33.8 Å². The summed E-state index contributed by atoms with van der Waals surface area (Å²) in [6, 6.07) is 19.3. The molecule has 366 valence electrons. The van der Waals surface area contributed by atoms with Crippen LogP contribution in [0.5, 0.6) is 0 Å². The van der Waals surface area contributed by atoms with Crippen LogP contribution in [0.4, 0.5) is 0 Å². The van der Waals surface area contributed by atoms with Crippen LogP contribution in [0.2, 0.25) is 0 Å². The van der Waals surface area contributed by atoms with Crippen molar-refractivity contribution in [1.82, 2.24) is 41.7 Å². The Kier molecular flexibility index (Phi) is 17.4. The minimum Gasteiger partial charge on any atom is -0.376 e. The van der Waals surface area contributed by atoms with E-state index in [1.54, 1.807) is 44.7 Å². The van der Waals surface area contributed by atoms with Gasteiger partial charge in [0.25, 0.3) is 0 Å². The van der Waals surface area contributed by atoms with Crippen molar-refractivity contribution < 1.29 is 33.5 Å². The summed E-state index contributed by atoms with van der Waals surface area (Å²) in [4.78, 5) is 86.3. The topological polar surface area (TPSA) is 190 Å². The lowest BCUT2D eigenvalue weighted by atomic mass is 9.87. The highest BCUT2D eigenvalue weighted by Crippen LogP contribution is 2.33. The number of carbonyl (C=O) groups excluding carboxylic acids is 6. The normalized spacial score (nSPS) is 22.1.